The van der Waals surface area contributed by atoms with Crippen LogP contribution >= 0.6 is 0 Å². The minimum atomic E-state index is -4.96. The van der Waals surface area contributed by atoms with Crippen LogP contribution in [0.1, 0.15) is 6.92 Å². The third kappa shape index (κ3) is 5.99. The largest absolute Gasteiger partial charge is 0.506 e. The minimum absolute atomic E-state index is 0.741. The Morgan fingerprint density at radius 3 is 2.29 bits per heavy atom. The van der Waals surface area contributed by atoms with Crippen molar-refractivity contribution in [1.29, 1.82) is 0 Å². The molecule has 1 fully saturated rings. The Hall–Kier alpha value is -2.09. The van der Waals surface area contributed by atoms with Gasteiger partial charge >= 0.3 is 16.4 Å². The number of nitrogens with one attached hydrogen (secondary N) is 1. The fraction of sp³-hybridized carbons (Fsp3) is 0.714. The first kappa shape index (κ1) is 25.2. The number of aliphatic hydroxyl groups excluding tert-OH is 5. The Morgan fingerprint density at radius 1 is 1.16 bits per heavy atom. The summed E-state index contributed by atoms with van der Waals surface area (Å²) in [5.41, 5.74) is 0. The zero-order valence-electron chi connectivity index (χ0n) is 15.6. The maximum atomic E-state index is 11.5. The van der Waals surface area contributed by atoms with E-state index in [1.54, 1.807) is 0 Å². The highest BCUT2D eigenvalue weighted by Gasteiger charge is 2.50. The van der Waals surface area contributed by atoms with Gasteiger partial charge in [-0.2, -0.15) is 8.42 Å². The van der Waals surface area contributed by atoms with Gasteiger partial charge in [0.25, 0.3) is 0 Å². The number of ether oxygens (including phenoxy) is 3. The fourth-order valence-corrected chi connectivity index (χ4v) is 3.20. The summed E-state index contributed by atoms with van der Waals surface area (Å²) in [5.74, 6) is -4.95. The molecule has 0 saturated carbocycles. The number of aliphatic carboxylic acids is 1. The molecule has 0 bridgehead atoms. The minimum Gasteiger partial charge on any atom is -0.506 e. The van der Waals surface area contributed by atoms with Crippen LogP contribution in [0.5, 0.6) is 0 Å². The van der Waals surface area contributed by atoms with E-state index in [1.807, 2.05) is 0 Å². The molecule has 1 amide bonds. The Bertz CT molecular complexity index is 828. The molecule has 8 N–H and O–H groups in total. The molecule has 0 spiro atoms. The first-order valence-electron chi connectivity index (χ1n) is 8.48. The van der Waals surface area contributed by atoms with Crippen LogP contribution in [0.3, 0.4) is 0 Å². The highest BCUT2D eigenvalue weighted by Crippen LogP contribution is 2.30. The third-order valence-corrected chi connectivity index (χ3v) is 4.71. The number of carbonyl (C=O) groups is 2. The number of carbonyl (C=O) groups excluding carboxylic acids is 1. The second-order valence-electron chi connectivity index (χ2n) is 6.54. The van der Waals surface area contributed by atoms with E-state index in [2.05, 4.69) is 9.50 Å². The zero-order valence-corrected chi connectivity index (χ0v) is 16.4. The van der Waals surface area contributed by atoms with E-state index in [0.29, 0.717) is 0 Å². The first-order valence-corrected chi connectivity index (χ1v) is 9.84. The van der Waals surface area contributed by atoms with Gasteiger partial charge in [-0.15, -0.1) is 0 Å². The van der Waals surface area contributed by atoms with Crippen molar-refractivity contribution in [1.82, 2.24) is 5.32 Å². The topological polar surface area (TPSA) is 259 Å². The standard InChI is InChI=1S/C14H21NO15S/c1-3(16)15-5-10(6(17)4(28-13(5)23)2-27-31(24,25)26)29-14-9(20)7(18)8(19)11(30-14)12(21)22/h4-7,9-10,13-14,17-20,23H,2H2,1H3,(H,15,16)(H,21,22)(H,24,25,26)/t4-,5-,6+,7+,9-,10-,13?,14-/m1/s1. The van der Waals surface area contributed by atoms with Crippen molar-refractivity contribution in [3.05, 3.63) is 11.5 Å². The van der Waals surface area contributed by atoms with E-state index in [1.165, 1.54) is 0 Å². The van der Waals surface area contributed by atoms with Gasteiger partial charge in [-0.25, -0.2) is 8.98 Å². The predicted molar refractivity (Wildman–Crippen MR) is 91.0 cm³/mol. The summed E-state index contributed by atoms with van der Waals surface area (Å²) in [7, 11) is -4.96. The summed E-state index contributed by atoms with van der Waals surface area (Å²) < 4.78 is 49.3. The molecule has 2 rings (SSSR count). The summed E-state index contributed by atoms with van der Waals surface area (Å²) in [6.45, 7) is 0.0181. The molecule has 17 heteroatoms. The zero-order chi connectivity index (χ0) is 23.7. The summed E-state index contributed by atoms with van der Waals surface area (Å²) in [5, 5.41) is 61.3. The van der Waals surface area contributed by atoms with Crippen molar-refractivity contribution in [2.24, 2.45) is 0 Å². The van der Waals surface area contributed by atoms with E-state index in [-0.39, 0.29) is 0 Å². The lowest BCUT2D eigenvalue weighted by Crippen LogP contribution is -2.66. The summed E-state index contributed by atoms with van der Waals surface area (Å²) in [6, 6.07) is -1.56. The van der Waals surface area contributed by atoms with E-state index in [4.69, 9.17) is 23.9 Å². The average Bonchev–Trinajstić information content (AvgIpc) is 2.64. The van der Waals surface area contributed by atoms with Gasteiger partial charge in [-0.1, -0.05) is 0 Å². The molecule has 0 aromatic heterocycles. The molecule has 1 saturated heterocycles. The highest BCUT2D eigenvalue weighted by atomic mass is 32.3. The van der Waals surface area contributed by atoms with Crippen LogP contribution in [-0.2, 0) is 38.4 Å². The maximum absolute atomic E-state index is 11.5. The Morgan fingerprint density at radius 2 is 1.77 bits per heavy atom. The van der Waals surface area contributed by atoms with E-state index >= 15 is 0 Å². The van der Waals surface area contributed by atoms with Crippen molar-refractivity contribution in [2.45, 2.75) is 56.1 Å². The molecule has 0 aromatic rings. The molecule has 1 unspecified atom stereocenters. The first-order chi connectivity index (χ1) is 14.2. The number of amides is 1. The van der Waals surface area contributed by atoms with Gasteiger partial charge in [0.15, 0.2) is 12.0 Å². The fourth-order valence-electron chi connectivity index (χ4n) is 2.89. The number of rotatable bonds is 7. The quantitative estimate of drug-likeness (QED) is 0.162. The molecule has 31 heavy (non-hydrogen) atoms. The molecular formula is C14H21NO15S. The molecule has 0 radical (unpaired) electrons. The Labute approximate surface area is 174 Å². The van der Waals surface area contributed by atoms with Crippen molar-refractivity contribution in [2.75, 3.05) is 6.61 Å². The van der Waals surface area contributed by atoms with Crippen LogP contribution < -0.4 is 5.32 Å². The average molecular weight is 475 g/mol. The molecule has 178 valence electrons. The molecule has 2 aliphatic rings. The summed E-state index contributed by atoms with van der Waals surface area (Å²) in [4.78, 5) is 22.6. The molecule has 16 nitrogen and oxygen atoms in total. The lowest BCUT2D eigenvalue weighted by molar-refractivity contribution is -0.303. The van der Waals surface area contributed by atoms with Gasteiger partial charge < -0.3 is 50.2 Å². The van der Waals surface area contributed by atoms with Crippen LogP contribution in [0.2, 0.25) is 0 Å². The Kier molecular flexibility index (Phi) is 7.79. The molecule has 2 heterocycles. The van der Waals surface area contributed by atoms with Gasteiger partial charge in [0.2, 0.25) is 18.0 Å². The number of hydrogen-bond donors (Lipinski definition) is 8. The smallest absolute Gasteiger partial charge is 0.397 e. The monoisotopic (exact) mass is 475 g/mol. The van der Waals surface area contributed by atoms with Crippen molar-refractivity contribution in [3.63, 3.8) is 0 Å². The number of carboxylic acids is 1. The molecule has 8 atom stereocenters. The van der Waals surface area contributed by atoms with Crippen LogP contribution in [-0.4, -0.2) is 111 Å². The Balaban J connectivity index is 2.30. The molecule has 0 aromatic carbocycles. The molecule has 2 aliphatic heterocycles. The lowest BCUT2D eigenvalue weighted by Gasteiger charge is -2.44. The van der Waals surface area contributed by atoms with Crippen LogP contribution in [0.15, 0.2) is 11.5 Å². The summed E-state index contributed by atoms with van der Waals surface area (Å²) in [6.07, 6.45) is -13.6. The normalized spacial score (nSPS) is 36.6. The maximum Gasteiger partial charge on any atom is 0.397 e. The lowest BCUT2D eigenvalue weighted by atomic mass is 9.96. The van der Waals surface area contributed by atoms with Crippen molar-refractivity contribution in [3.8, 4) is 0 Å². The van der Waals surface area contributed by atoms with Gasteiger partial charge in [0, 0.05) is 6.92 Å². The number of aliphatic hydroxyl groups is 5. The van der Waals surface area contributed by atoms with Gasteiger partial charge in [-0.3, -0.25) is 9.35 Å². The highest BCUT2D eigenvalue weighted by molar-refractivity contribution is 7.80. The van der Waals surface area contributed by atoms with E-state index in [9.17, 15) is 43.5 Å². The number of hydrogen-bond acceptors (Lipinski definition) is 13. The second kappa shape index (κ2) is 9.59. The van der Waals surface area contributed by atoms with Gasteiger partial charge in [0.05, 0.1) is 6.61 Å². The summed E-state index contributed by atoms with van der Waals surface area (Å²) >= 11 is 0. The molecule has 0 aliphatic carbocycles. The number of carboxylic acid groups (broad SMARTS) is 1. The van der Waals surface area contributed by atoms with Crippen LogP contribution in [0, 0.1) is 0 Å². The second-order valence-corrected chi connectivity index (χ2v) is 7.63. The van der Waals surface area contributed by atoms with Crippen molar-refractivity contribution >= 4 is 22.3 Å². The molecular weight excluding hydrogens is 454 g/mol. The SMILES string of the molecule is CC(=O)N[C@H]1C(O)O[C@H](COS(=O)(=O)O)[C@H](O)[C@@H]1O[C@@H]1OC(C(=O)O)=C(O)[C@H](O)[C@H]1O. The van der Waals surface area contributed by atoms with E-state index < -0.39 is 89.5 Å². The van der Waals surface area contributed by atoms with Gasteiger partial charge in [-0.05, 0) is 0 Å². The van der Waals surface area contributed by atoms with Crippen molar-refractivity contribution < 1.29 is 71.6 Å². The van der Waals surface area contributed by atoms with Crippen LogP contribution in [0.4, 0.5) is 0 Å². The third-order valence-electron chi connectivity index (χ3n) is 4.28. The van der Waals surface area contributed by atoms with Crippen LogP contribution in [0.25, 0.3) is 0 Å². The van der Waals surface area contributed by atoms with Gasteiger partial charge in [0.1, 0.15) is 36.6 Å². The van der Waals surface area contributed by atoms with E-state index in [0.717, 1.165) is 6.92 Å². The predicted octanol–water partition coefficient (Wildman–Crippen LogP) is -4.29.